The van der Waals surface area contributed by atoms with E-state index in [-0.39, 0.29) is 17.9 Å². The summed E-state index contributed by atoms with van der Waals surface area (Å²) >= 11 is 0. The minimum atomic E-state index is -0.447. The summed E-state index contributed by atoms with van der Waals surface area (Å²) in [6.45, 7) is 7.17. The molecule has 1 aliphatic rings. The molecule has 1 rings (SSSR count). The molecule has 0 bridgehead atoms. The number of esters is 1. The van der Waals surface area contributed by atoms with Gasteiger partial charge in [-0.15, -0.1) is 0 Å². The van der Waals surface area contributed by atoms with Crippen LogP contribution in [0, 0.1) is 5.92 Å². The number of methoxy groups -OCH3 is 1. The van der Waals surface area contributed by atoms with Gasteiger partial charge < -0.3 is 15.0 Å². The van der Waals surface area contributed by atoms with Crippen LogP contribution in [0.4, 0.5) is 0 Å². The number of hydrogen-bond donors (Lipinski definition) is 1. The van der Waals surface area contributed by atoms with Gasteiger partial charge in [-0.2, -0.15) is 0 Å². The van der Waals surface area contributed by atoms with E-state index in [9.17, 15) is 9.59 Å². The SMILES string of the molecule is COC(=O)[C@H](CC(C)C)N1CCN[C@@H](C)C1=O. The van der Waals surface area contributed by atoms with Crippen LogP contribution < -0.4 is 5.32 Å². The number of nitrogens with one attached hydrogen (secondary N) is 1. The van der Waals surface area contributed by atoms with Gasteiger partial charge in [-0.05, 0) is 19.3 Å². The standard InChI is InChI=1S/C12H22N2O3/c1-8(2)7-10(12(16)17-4)14-6-5-13-9(3)11(14)15/h8-10,13H,5-7H2,1-4H3/t9-,10-/m0/s1. The molecule has 5 nitrogen and oxygen atoms in total. The Morgan fingerprint density at radius 1 is 1.59 bits per heavy atom. The van der Waals surface area contributed by atoms with E-state index >= 15 is 0 Å². The van der Waals surface area contributed by atoms with Crippen LogP contribution in [0.3, 0.4) is 0 Å². The highest BCUT2D eigenvalue weighted by atomic mass is 16.5. The number of carbonyl (C=O) groups is 2. The molecule has 0 radical (unpaired) electrons. The predicted molar refractivity (Wildman–Crippen MR) is 64.4 cm³/mol. The second kappa shape index (κ2) is 6.00. The third-order valence-corrected chi connectivity index (χ3v) is 3.00. The Morgan fingerprint density at radius 3 is 2.76 bits per heavy atom. The van der Waals surface area contributed by atoms with Gasteiger partial charge in [0.15, 0.2) is 0 Å². The van der Waals surface area contributed by atoms with E-state index in [4.69, 9.17) is 4.74 Å². The van der Waals surface area contributed by atoms with E-state index in [0.29, 0.717) is 18.9 Å². The number of rotatable bonds is 4. The maximum Gasteiger partial charge on any atom is 0.328 e. The average molecular weight is 242 g/mol. The van der Waals surface area contributed by atoms with Crippen LogP contribution in [0.25, 0.3) is 0 Å². The first-order valence-electron chi connectivity index (χ1n) is 6.09. The van der Waals surface area contributed by atoms with Crippen LogP contribution in [-0.2, 0) is 14.3 Å². The summed E-state index contributed by atoms with van der Waals surface area (Å²) in [7, 11) is 1.37. The van der Waals surface area contributed by atoms with Crippen LogP contribution in [0.5, 0.6) is 0 Å². The Labute approximate surface area is 102 Å². The van der Waals surface area contributed by atoms with Crippen molar-refractivity contribution in [2.24, 2.45) is 5.92 Å². The first-order valence-corrected chi connectivity index (χ1v) is 6.09. The molecule has 0 aliphatic carbocycles. The van der Waals surface area contributed by atoms with Gasteiger partial charge >= 0.3 is 5.97 Å². The van der Waals surface area contributed by atoms with Gasteiger partial charge in [0.05, 0.1) is 13.2 Å². The van der Waals surface area contributed by atoms with Crippen molar-refractivity contribution in [3.05, 3.63) is 0 Å². The minimum Gasteiger partial charge on any atom is -0.467 e. The lowest BCUT2D eigenvalue weighted by Gasteiger charge is -2.36. The fourth-order valence-electron chi connectivity index (χ4n) is 2.09. The molecule has 0 aromatic heterocycles. The predicted octanol–water partition coefficient (Wildman–Crippen LogP) is 0.394. The Morgan fingerprint density at radius 2 is 2.24 bits per heavy atom. The molecule has 1 fully saturated rings. The summed E-state index contributed by atoms with van der Waals surface area (Å²) < 4.78 is 4.80. The molecule has 1 saturated heterocycles. The van der Waals surface area contributed by atoms with Crippen molar-refractivity contribution in [2.75, 3.05) is 20.2 Å². The Kier molecular flexibility index (Phi) is 4.93. The maximum atomic E-state index is 12.0. The molecule has 17 heavy (non-hydrogen) atoms. The number of amides is 1. The Bertz CT molecular complexity index is 291. The van der Waals surface area contributed by atoms with Gasteiger partial charge in [-0.1, -0.05) is 13.8 Å². The first kappa shape index (κ1) is 14.0. The summed E-state index contributed by atoms with van der Waals surface area (Å²) in [5, 5.41) is 3.08. The molecule has 0 unspecified atom stereocenters. The molecule has 5 heteroatoms. The van der Waals surface area contributed by atoms with Crippen LogP contribution >= 0.6 is 0 Å². The van der Waals surface area contributed by atoms with Gasteiger partial charge in [-0.3, -0.25) is 4.79 Å². The molecule has 0 aromatic carbocycles. The summed E-state index contributed by atoms with van der Waals surface area (Å²) in [6, 6.07) is -0.667. The van der Waals surface area contributed by atoms with Crippen LogP contribution in [0.1, 0.15) is 27.2 Å². The quantitative estimate of drug-likeness (QED) is 0.725. The highest BCUT2D eigenvalue weighted by molar-refractivity contribution is 5.87. The maximum absolute atomic E-state index is 12.0. The average Bonchev–Trinajstić information content (AvgIpc) is 2.29. The highest BCUT2D eigenvalue weighted by Gasteiger charge is 2.35. The van der Waals surface area contributed by atoms with Crippen molar-refractivity contribution < 1.29 is 14.3 Å². The van der Waals surface area contributed by atoms with Gasteiger partial charge in [0.25, 0.3) is 0 Å². The summed E-state index contributed by atoms with van der Waals surface area (Å²) in [6.07, 6.45) is 0.644. The van der Waals surface area contributed by atoms with Gasteiger partial charge in [0, 0.05) is 13.1 Å². The van der Waals surface area contributed by atoms with Crippen molar-refractivity contribution in [1.82, 2.24) is 10.2 Å². The van der Waals surface area contributed by atoms with E-state index in [0.717, 1.165) is 6.54 Å². The molecule has 1 amide bonds. The lowest BCUT2D eigenvalue weighted by Crippen LogP contribution is -2.59. The van der Waals surface area contributed by atoms with Crippen LogP contribution in [-0.4, -0.2) is 49.1 Å². The van der Waals surface area contributed by atoms with E-state index in [2.05, 4.69) is 5.32 Å². The highest BCUT2D eigenvalue weighted by Crippen LogP contribution is 2.16. The summed E-state index contributed by atoms with van der Waals surface area (Å²) in [5.74, 6) is 0.00513. The minimum absolute atomic E-state index is 0.0210. The molecule has 1 heterocycles. The number of piperazine rings is 1. The van der Waals surface area contributed by atoms with E-state index in [1.807, 2.05) is 20.8 Å². The molecule has 2 atom stereocenters. The molecule has 1 N–H and O–H groups in total. The van der Waals surface area contributed by atoms with Crippen molar-refractivity contribution >= 4 is 11.9 Å². The molecule has 0 saturated carbocycles. The zero-order valence-corrected chi connectivity index (χ0v) is 11.0. The lowest BCUT2D eigenvalue weighted by molar-refractivity contribution is -0.155. The van der Waals surface area contributed by atoms with E-state index in [1.54, 1.807) is 4.90 Å². The molecular formula is C12H22N2O3. The topological polar surface area (TPSA) is 58.6 Å². The largest absolute Gasteiger partial charge is 0.467 e. The van der Waals surface area contributed by atoms with E-state index in [1.165, 1.54) is 7.11 Å². The third kappa shape index (κ3) is 3.43. The van der Waals surface area contributed by atoms with Gasteiger partial charge in [0.2, 0.25) is 5.91 Å². The summed E-state index contributed by atoms with van der Waals surface area (Å²) in [4.78, 5) is 25.4. The second-order valence-corrected chi connectivity index (χ2v) is 4.88. The first-order chi connectivity index (χ1) is 7.97. The molecule has 0 spiro atoms. The van der Waals surface area contributed by atoms with Gasteiger partial charge in [0.1, 0.15) is 6.04 Å². The smallest absolute Gasteiger partial charge is 0.328 e. The zero-order valence-electron chi connectivity index (χ0n) is 11.0. The lowest BCUT2D eigenvalue weighted by atomic mass is 10.0. The number of carbonyl (C=O) groups excluding carboxylic acids is 2. The summed E-state index contributed by atoms with van der Waals surface area (Å²) in [5.41, 5.74) is 0. The molecule has 0 aromatic rings. The molecular weight excluding hydrogens is 220 g/mol. The van der Waals surface area contributed by atoms with Crippen LogP contribution in [0.15, 0.2) is 0 Å². The van der Waals surface area contributed by atoms with E-state index < -0.39 is 6.04 Å². The second-order valence-electron chi connectivity index (χ2n) is 4.88. The van der Waals surface area contributed by atoms with Gasteiger partial charge in [-0.25, -0.2) is 4.79 Å². The fourth-order valence-corrected chi connectivity index (χ4v) is 2.09. The van der Waals surface area contributed by atoms with Crippen molar-refractivity contribution in [3.63, 3.8) is 0 Å². The molecule has 1 aliphatic heterocycles. The normalized spacial score (nSPS) is 22.8. The number of nitrogens with zero attached hydrogens (tertiary/aromatic N) is 1. The van der Waals surface area contributed by atoms with Crippen LogP contribution in [0.2, 0.25) is 0 Å². The molecule has 98 valence electrons. The van der Waals surface area contributed by atoms with Crippen molar-refractivity contribution in [2.45, 2.75) is 39.3 Å². The Balaban J connectivity index is 2.81. The fraction of sp³-hybridized carbons (Fsp3) is 0.833. The monoisotopic (exact) mass is 242 g/mol. The third-order valence-electron chi connectivity index (χ3n) is 3.00. The van der Waals surface area contributed by atoms with Crippen molar-refractivity contribution in [1.29, 1.82) is 0 Å². The zero-order chi connectivity index (χ0) is 13.0. The van der Waals surface area contributed by atoms with Crippen molar-refractivity contribution in [3.8, 4) is 0 Å². The Hall–Kier alpha value is -1.10. The number of hydrogen-bond acceptors (Lipinski definition) is 4. The number of ether oxygens (including phenoxy) is 1.